The van der Waals surface area contributed by atoms with Gasteiger partial charge in [-0.25, -0.2) is 0 Å². The second-order valence-electron chi connectivity index (χ2n) is 5.74. The van der Waals surface area contributed by atoms with E-state index in [1.165, 1.54) is 9.31 Å². The van der Waals surface area contributed by atoms with Crippen molar-refractivity contribution in [3.63, 3.8) is 0 Å². The monoisotopic (exact) mass is 360 g/mol. The van der Waals surface area contributed by atoms with Crippen LogP contribution in [0.1, 0.15) is 24.0 Å². The maximum atomic E-state index is 12.8. The van der Waals surface area contributed by atoms with E-state index in [2.05, 4.69) is 5.10 Å². The van der Waals surface area contributed by atoms with E-state index in [0.717, 1.165) is 29.7 Å². The SMILES string of the molecule is CSc1ccc(C2=NN(S(=O)(=O)c3ccc(C)cc3)CCC2)cc1. The van der Waals surface area contributed by atoms with E-state index < -0.39 is 10.0 Å². The summed E-state index contributed by atoms with van der Waals surface area (Å²) in [5, 5.41) is 4.43. The second kappa shape index (κ2) is 6.99. The van der Waals surface area contributed by atoms with E-state index in [9.17, 15) is 8.42 Å². The lowest BCUT2D eigenvalue weighted by Crippen LogP contribution is -2.32. The average molecular weight is 361 g/mol. The van der Waals surface area contributed by atoms with Gasteiger partial charge in [-0.15, -0.1) is 11.8 Å². The summed E-state index contributed by atoms with van der Waals surface area (Å²) >= 11 is 1.68. The first kappa shape index (κ1) is 17.0. The van der Waals surface area contributed by atoms with Crippen molar-refractivity contribution >= 4 is 27.5 Å². The molecule has 0 aromatic heterocycles. The predicted octanol–water partition coefficient (Wildman–Crippen LogP) is 3.91. The highest BCUT2D eigenvalue weighted by atomic mass is 32.2. The molecule has 0 N–H and O–H groups in total. The third-order valence-electron chi connectivity index (χ3n) is 4.01. The lowest BCUT2D eigenvalue weighted by molar-refractivity contribution is 0.410. The molecule has 0 spiro atoms. The van der Waals surface area contributed by atoms with Crippen LogP contribution in [0.3, 0.4) is 0 Å². The van der Waals surface area contributed by atoms with E-state index >= 15 is 0 Å². The van der Waals surface area contributed by atoms with Gasteiger partial charge in [0.05, 0.1) is 17.2 Å². The molecule has 0 saturated heterocycles. The number of hydrazone groups is 1. The molecule has 24 heavy (non-hydrogen) atoms. The van der Waals surface area contributed by atoms with Gasteiger partial charge >= 0.3 is 0 Å². The zero-order chi connectivity index (χ0) is 17.2. The highest BCUT2D eigenvalue weighted by molar-refractivity contribution is 7.98. The van der Waals surface area contributed by atoms with Crippen LogP contribution < -0.4 is 0 Å². The number of thioether (sulfide) groups is 1. The lowest BCUT2D eigenvalue weighted by Gasteiger charge is -2.25. The zero-order valence-electron chi connectivity index (χ0n) is 13.8. The first-order chi connectivity index (χ1) is 11.5. The second-order valence-corrected chi connectivity index (χ2v) is 8.47. The highest BCUT2D eigenvalue weighted by Crippen LogP contribution is 2.23. The van der Waals surface area contributed by atoms with Crippen LogP contribution in [0.15, 0.2) is 63.4 Å². The van der Waals surface area contributed by atoms with Crippen molar-refractivity contribution in [2.45, 2.75) is 29.6 Å². The molecule has 2 aromatic rings. The van der Waals surface area contributed by atoms with Crippen LogP contribution in [0.5, 0.6) is 0 Å². The van der Waals surface area contributed by atoms with Crippen molar-refractivity contribution in [1.82, 2.24) is 4.41 Å². The maximum Gasteiger partial charge on any atom is 0.279 e. The molecule has 126 valence electrons. The van der Waals surface area contributed by atoms with Gasteiger partial charge in [0.2, 0.25) is 0 Å². The Morgan fingerprint density at radius 3 is 2.33 bits per heavy atom. The van der Waals surface area contributed by atoms with Gasteiger partial charge in [-0.2, -0.15) is 17.9 Å². The summed E-state index contributed by atoms with van der Waals surface area (Å²) in [4.78, 5) is 1.47. The van der Waals surface area contributed by atoms with E-state index in [1.54, 1.807) is 23.9 Å². The number of hydrogen-bond acceptors (Lipinski definition) is 4. The fourth-order valence-corrected chi connectivity index (χ4v) is 4.31. The molecule has 3 rings (SSSR count). The Bertz CT molecular complexity index is 842. The molecule has 2 aromatic carbocycles. The Balaban J connectivity index is 1.91. The molecule has 0 saturated carbocycles. The van der Waals surface area contributed by atoms with Crippen LogP contribution in [-0.2, 0) is 10.0 Å². The summed E-state index contributed by atoms with van der Waals surface area (Å²) < 4.78 is 26.8. The van der Waals surface area contributed by atoms with Gasteiger partial charge in [-0.05, 0) is 55.9 Å². The molecule has 1 aliphatic rings. The standard InChI is InChI=1S/C18H20N2O2S2/c1-14-5-11-17(12-6-14)24(21,22)20-13-3-4-18(19-20)15-7-9-16(23-2)10-8-15/h5-12H,3-4,13H2,1-2H3. The molecule has 0 amide bonds. The van der Waals surface area contributed by atoms with Crippen LogP contribution in [0.25, 0.3) is 0 Å². The quantitative estimate of drug-likeness (QED) is 0.777. The minimum absolute atomic E-state index is 0.288. The van der Waals surface area contributed by atoms with E-state index in [-0.39, 0.29) is 4.90 Å². The van der Waals surface area contributed by atoms with Gasteiger partial charge in [-0.3, -0.25) is 0 Å². The van der Waals surface area contributed by atoms with Crippen LogP contribution >= 0.6 is 11.8 Å². The van der Waals surface area contributed by atoms with Crippen molar-refractivity contribution in [2.75, 3.05) is 12.8 Å². The normalized spacial score (nSPS) is 15.2. The fourth-order valence-electron chi connectivity index (χ4n) is 2.61. The number of rotatable bonds is 4. The minimum Gasteiger partial charge on any atom is -0.200 e. The first-order valence-corrected chi connectivity index (χ1v) is 10.5. The van der Waals surface area contributed by atoms with Crippen LogP contribution in [-0.4, -0.2) is 31.3 Å². The molecule has 1 heterocycles. The fraction of sp³-hybridized carbons (Fsp3) is 0.278. The Hall–Kier alpha value is -1.79. The Labute approximate surface area is 147 Å². The van der Waals surface area contributed by atoms with E-state index in [1.807, 2.05) is 49.6 Å². The van der Waals surface area contributed by atoms with Crippen molar-refractivity contribution < 1.29 is 8.42 Å². The molecular weight excluding hydrogens is 340 g/mol. The van der Waals surface area contributed by atoms with Crippen LogP contribution in [0.2, 0.25) is 0 Å². The summed E-state index contributed by atoms with van der Waals surface area (Å²) in [6.07, 6.45) is 3.59. The van der Waals surface area contributed by atoms with Crippen molar-refractivity contribution in [2.24, 2.45) is 5.10 Å². The summed E-state index contributed by atoms with van der Waals surface area (Å²) in [6.45, 7) is 2.36. The summed E-state index contributed by atoms with van der Waals surface area (Å²) in [5.74, 6) is 0. The number of nitrogens with zero attached hydrogens (tertiary/aromatic N) is 2. The third kappa shape index (κ3) is 3.49. The van der Waals surface area contributed by atoms with Crippen molar-refractivity contribution in [3.05, 3.63) is 59.7 Å². The molecular formula is C18H20N2O2S2. The van der Waals surface area contributed by atoms with Gasteiger partial charge in [-0.1, -0.05) is 29.8 Å². The topological polar surface area (TPSA) is 49.7 Å². The smallest absolute Gasteiger partial charge is 0.200 e. The molecule has 0 atom stereocenters. The largest absolute Gasteiger partial charge is 0.279 e. The summed E-state index contributed by atoms with van der Waals surface area (Å²) in [6, 6.07) is 15.0. The molecule has 0 radical (unpaired) electrons. The number of sulfonamides is 1. The molecule has 0 fully saturated rings. The van der Waals surface area contributed by atoms with E-state index in [4.69, 9.17) is 0 Å². The number of aryl methyl sites for hydroxylation is 1. The highest BCUT2D eigenvalue weighted by Gasteiger charge is 2.26. The Morgan fingerprint density at radius 1 is 1.04 bits per heavy atom. The lowest BCUT2D eigenvalue weighted by atomic mass is 10.1. The maximum absolute atomic E-state index is 12.8. The molecule has 0 aliphatic carbocycles. The number of benzene rings is 2. The van der Waals surface area contributed by atoms with Gasteiger partial charge in [0.15, 0.2) is 0 Å². The zero-order valence-corrected chi connectivity index (χ0v) is 15.4. The third-order valence-corrected chi connectivity index (χ3v) is 6.45. The minimum atomic E-state index is -3.59. The first-order valence-electron chi connectivity index (χ1n) is 7.82. The van der Waals surface area contributed by atoms with Gasteiger partial charge in [0.25, 0.3) is 10.0 Å². The predicted molar refractivity (Wildman–Crippen MR) is 99.1 cm³/mol. The van der Waals surface area contributed by atoms with Crippen molar-refractivity contribution in [1.29, 1.82) is 0 Å². The van der Waals surface area contributed by atoms with Gasteiger partial charge < -0.3 is 0 Å². The molecule has 4 nitrogen and oxygen atoms in total. The van der Waals surface area contributed by atoms with E-state index in [0.29, 0.717) is 6.54 Å². The summed E-state index contributed by atoms with van der Waals surface area (Å²) in [5.41, 5.74) is 2.84. The molecule has 1 aliphatic heterocycles. The summed E-state index contributed by atoms with van der Waals surface area (Å²) in [7, 11) is -3.59. The van der Waals surface area contributed by atoms with Gasteiger partial charge in [0.1, 0.15) is 0 Å². The molecule has 6 heteroatoms. The average Bonchev–Trinajstić information content (AvgIpc) is 2.62. The molecule has 0 unspecified atom stereocenters. The van der Waals surface area contributed by atoms with Crippen LogP contribution in [0, 0.1) is 6.92 Å². The molecule has 0 bridgehead atoms. The van der Waals surface area contributed by atoms with Crippen LogP contribution in [0.4, 0.5) is 0 Å². The Morgan fingerprint density at radius 2 is 1.71 bits per heavy atom. The van der Waals surface area contributed by atoms with Crippen molar-refractivity contribution in [3.8, 4) is 0 Å². The van der Waals surface area contributed by atoms with Gasteiger partial charge in [0, 0.05) is 4.90 Å². The Kier molecular flexibility index (Phi) is 4.96. The number of hydrogen-bond donors (Lipinski definition) is 0.